The van der Waals surface area contributed by atoms with Crippen LogP contribution in [-0.2, 0) is 38.4 Å². The van der Waals surface area contributed by atoms with Crippen LogP contribution in [0.25, 0.3) is 0 Å². The predicted molar refractivity (Wildman–Crippen MR) is 109 cm³/mol. The minimum absolute atomic E-state index is 0.00192. The van der Waals surface area contributed by atoms with Gasteiger partial charge in [0.1, 0.15) is 6.04 Å². The highest BCUT2D eigenvalue weighted by molar-refractivity contribution is 5.85. The van der Waals surface area contributed by atoms with Crippen molar-refractivity contribution in [1.29, 1.82) is 0 Å². The maximum absolute atomic E-state index is 12.5. The van der Waals surface area contributed by atoms with E-state index < -0.39 is 54.5 Å². The molecule has 0 aromatic rings. The molecule has 9 atom stereocenters. The molecule has 0 radical (unpaired) electrons. The quantitative estimate of drug-likeness (QED) is 0.363. The lowest BCUT2D eigenvalue weighted by atomic mass is 9.58. The Balaban J connectivity index is 1.41. The van der Waals surface area contributed by atoms with Gasteiger partial charge in [-0.3, -0.25) is 9.59 Å². The van der Waals surface area contributed by atoms with Gasteiger partial charge in [0.15, 0.2) is 11.9 Å². The predicted octanol–water partition coefficient (Wildman–Crippen LogP) is 1.08. The summed E-state index contributed by atoms with van der Waals surface area (Å²) in [5.41, 5.74) is -0.758. The van der Waals surface area contributed by atoms with E-state index in [-0.39, 0.29) is 30.6 Å². The number of amides is 1. The lowest BCUT2D eigenvalue weighted by Crippen LogP contribution is -2.70. The SMILES string of the molecule is C[C@H]1[C@H](OC(=O)CCC(=O)N[C@@H](CO)C(=O)O)O[C@@H]2O[C@]3(C)CC[C@H]4[C@H](C)CC[C@@H]1[C@@]24OO3. The number of aliphatic carboxylic acids is 1. The number of nitrogens with one attached hydrogen (secondary N) is 1. The molecule has 1 amide bonds. The lowest BCUT2D eigenvalue weighted by Gasteiger charge is -2.59. The highest BCUT2D eigenvalue weighted by Crippen LogP contribution is 2.60. The lowest BCUT2D eigenvalue weighted by molar-refractivity contribution is -0.576. The van der Waals surface area contributed by atoms with Crippen LogP contribution in [0.5, 0.6) is 0 Å². The highest BCUT2D eigenvalue weighted by atomic mass is 17.3. The molecule has 0 aromatic heterocycles. The molecule has 4 aliphatic heterocycles. The Hall–Kier alpha value is -1.79. The molecule has 2 bridgehead atoms. The van der Waals surface area contributed by atoms with E-state index in [1.807, 2.05) is 13.8 Å². The average Bonchev–Trinajstić information content (AvgIpc) is 3.00. The van der Waals surface area contributed by atoms with Crippen LogP contribution in [0.2, 0.25) is 0 Å². The molecule has 5 fully saturated rings. The molecule has 33 heavy (non-hydrogen) atoms. The fourth-order valence-electron chi connectivity index (χ4n) is 5.86. The second-order valence-corrected chi connectivity index (χ2v) is 9.90. The Kier molecular flexibility index (Phi) is 6.71. The first-order valence-corrected chi connectivity index (χ1v) is 11.6. The molecule has 5 aliphatic rings. The zero-order valence-corrected chi connectivity index (χ0v) is 19.2. The summed E-state index contributed by atoms with van der Waals surface area (Å²) in [4.78, 5) is 47.1. The van der Waals surface area contributed by atoms with Gasteiger partial charge in [-0.15, -0.1) is 0 Å². The third kappa shape index (κ3) is 4.37. The Morgan fingerprint density at radius 2 is 1.88 bits per heavy atom. The van der Waals surface area contributed by atoms with Crippen LogP contribution in [-0.4, -0.2) is 64.7 Å². The van der Waals surface area contributed by atoms with Gasteiger partial charge in [0.25, 0.3) is 0 Å². The van der Waals surface area contributed by atoms with Gasteiger partial charge in [-0.05, 0) is 38.0 Å². The molecule has 4 saturated heterocycles. The summed E-state index contributed by atoms with van der Waals surface area (Å²) >= 11 is 0. The van der Waals surface area contributed by atoms with Gasteiger partial charge in [0, 0.05) is 24.7 Å². The molecule has 1 spiro atoms. The number of hydrogen-bond acceptors (Lipinski definition) is 9. The molecule has 11 heteroatoms. The van der Waals surface area contributed by atoms with Gasteiger partial charge >= 0.3 is 11.9 Å². The number of carbonyl (C=O) groups excluding carboxylic acids is 2. The van der Waals surface area contributed by atoms with E-state index in [0.717, 1.165) is 19.3 Å². The second kappa shape index (κ2) is 9.10. The molecule has 186 valence electrons. The summed E-state index contributed by atoms with van der Waals surface area (Å²) in [6.07, 6.45) is 1.31. The number of esters is 1. The number of aliphatic hydroxyl groups is 1. The summed E-state index contributed by atoms with van der Waals surface area (Å²) in [5, 5.41) is 20.0. The zero-order chi connectivity index (χ0) is 24.0. The van der Waals surface area contributed by atoms with Crippen molar-refractivity contribution < 1.29 is 48.6 Å². The van der Waals surface area contributed by atoms with Gasteiger partial charge in [-0.25, -0.2) is 14.6 Å². The summed E-state index contributed by atoms with van der Waals surface area (Å²) in [6.45, 7) is 5.24. The van der Waals surface area contributed by atoms with Crippen LogP contribution in [0.4, 0.5) is 0 Å². The summed E-state index contributed by atoms with van der Waals surface area (Å²) in [7, 11) is 0. The molecule has 11 nitrogen and oxygen atoms in total. The van der Waals surface area contributed by atoms with Gasteiger partial charge in [-0.1, -0.05) is 13.8 Å². The number of carboxylic acid groups (broad SMARTS) is 1. The first-order chi connectivity index (χ1) is 15.6. The first-order valence-electron chi connectivity index (χ1n) is 11.6. The third-order valence-corrected chi connectivity index (χ3v) is 7.72. The van der Waals surface area contributed by atoms with Crippen LogP contribution < -0.4 is 5.32 Å². The van der Waals surface area contributed by atoms with Crippen LogP contribution in [0, 0.1) is 23.7 Å². The fraction of sp³-hybridized carbons (Fsp3) is 0.864. The van der Waals surface area contributed by atoms with Crippen molar-refractivity contribution in [2.45, 2.75) is 89.3 Å². The first kappa shape index (κ1) is 24.3. The van der Waals surface area contributed by atoms with Crippen molar-refractivity contribution in [3.63, 3.8) is 0 Å². The molecule has 4 heterocycles. The topological polar surface area (TPSA) is 150 Å². The van der Waals surface area contributed by atoms with Gasteiger partial charge in [0.2, 0.25) is 18.0 Å². The van der Waals surface area contributed by atoms with E-state index >= 15 is 0 Å². The molecule has 1 aliphatic carbocycles. The van der Waals surface area contributed by atoms with Crippen molar-refractivity contribution in [2.24, 2.45) is 23.7 Å². The third-order valence-electron chi connectivity index (χ3n) is 7.72. The molecule has 0 aromatic carbocycles. The molecule has 3 N–H and O–H groups in total. The van der Waals surface area contributed by atoms with Gasteiger partial charge in [0.05, 0.1) is 13.0 Å². The summed E-state index contributed by atoms with van der Waals surface area (Å²) in [5.74, 6) is -3.17. The van der Waals surface area contributed by atoms with Crippen LogP contribution >= 0.6 is 0 Å². The minimum atomic E-state index is -1.42. The molecule has 5 rings (SSSR count). The monoisotopic (exact) mass is 471 g/mol. The Bertz CT molecular complexity index is 791. The van der Waals surface area contributed by atoms with Gasteiger partial charge < -0.3 is 29.7 Å². The van der Waals surface area contributed by atoms with Crippen molar-refractivity contribution in [3.05, 3.63) is 0 Å². The van der Waals surface area contributed by atoms with E-state index in [4.69, 9.17) is 34.2 Å². The average molecular weight is 472 g/mol. The zero-order valence-electron chi connectivity index (χ0n) is 19.2. The van der Waals surface area contributed by atoms with Crippen molar-refractivity contribution in [2.75, 3.05) is 6.61 Å². The number of aliphatic hydroxyl groups excluding tert-OH is 1. The number of ether oxygens (including phenoxy) is 3. The van der Waals surface area contributed by atoms with Crippen molar-refractivity contribution >= 4 is 17.8 Å². The van der Waals surface area contributed by atoms with E-state index in [1.54, 1.807) is 0 Å². The Morgan fingerprint density at radius 3 is 2.58 bits per heavy atom. The van der Waals surface area contributed by atoms with E-state index in [0.29, 0.717) is 12.3 Å². The minimum Gasteiger partial charge on any atom is -0.480 e. The van der Waals surface area contributed by atoms with E-state index in [9.17, 15) is 14.4 Å². The molecule has 1 saturated carbocycles. The highest BCUT2D eigenvalue weighted by Gasteiger charge is 2.69. The van der Waals surface area contributed by atoms with Crippen molar-refractivity contribution in [3.8, 4) is 0 Å². The fourth-order valence-corrected chi connectivity index (χ4v) is 5.86. The molecular weight excluding hydrogens is 438 g/mol. The molecular formula is C22H33NO10. The summed E-state index contributed by atoms with van der Waals surface area (Å²) in [6, 6.07) is -1.42. The van der Waals surface area contributed by atoms with Crippen molar-refractivity contribution in [1.82, 2.24) is 5.32 Å². The normalized spacial score (nSPS) is 42.5. The van der Waals surface area contributed by atoms with Crippen LogP contribution in [0.1, 0.15) is 59.3 Å². The second-order valence-electron chi connectivity index (χ2n) is 9.90. The Morgan fingerprint density at radius 1 is 1.12 bits per heavy atom. The number of rotatable bonds is 7. The maximum atomic E-state index is 12.5. The van der Waals surface area contributed by atoms with Crippen LogP contribution in [0.3, 0.4) is 0 Å². The smallest absolute Gasteiger partial charge is 0.328 e. The number of carbonyl (C=O) groups is 3. The largest absolute Gasteiger partial charge is 0.480 e. The number of hydrogen-bond donors (Lipinski definition) is 3. The van der Waals surface area contributed by atoms with Gasteiger partial charge in [-0.2, -0.15) is 0 Å². The standard InChI is InChI=1S/C22H33NO10/c1-11-4-5-14-12(2)19(29-17(26)7-6-16(25)23-15(10-24)18(27)28)30-20-22(14)13(11)8-9-21(3,31-20)32-33-22/h11-15,19-20,24H,4-10H2,1-3H3,(H,23,25)(H,27,28)/t11-,12-,13+,14+,15+,19-,20-,21+,22-/m1/s1. The number of fused-ring (bicyclic) bond motifs is 2. The maximum Gasteiger partial charge on any atom is 0.328 e. The summed E-state index contributed by atoms with van der Waals surface area (Å²) < 4.78 is 18.0. The Labute approximate surface area is 191 Å². The van der Waals surface area contributed by atoms with Crippen LogP contribution in [0.15, 0.2) is 0 Å². The van der Waals surface area contributed by atoms with E-state index in [2.05, 4.69) is 12.2 Å². The number of carboxylic acids is 1. The molecule has 0 unspecified atom stereocenters. The van der Waals surface area contributed by atoms with E-state index in [1.165, 1.54) is 0 Å².